The molecule has 1 saturated heterocycles. The Bertz CT molecular complexity index is 1220. The summed E-state index contributed by atoms with van der Waals surface area (Å²) in [7, 11) is -7.94. The third-order valence-electron chi connectivity index (χ3n) is 5.33. The first kappa shape index (κ1) is 24.3. The van der Waals surface area contributed by atoms with Crippen molar-refractivity contribution in [3.05, 3.63) is 59.4 Å². The average molecular weight is 484 g/mol. The Kier molecular flexibility index (Phi) is 7.03. The number of hydrogen-bond donors (Lipinski definition) is 1. The lowest BCUT2D eigenvalue weighted by Crippen LogP contribution is -2.55. The monoisotopic (exact) mass is 483 g/mol. The summed E-state index contributed by atoms with van der Waals surface area (Å²) >= 11 is 0. The van der Waals surface area contributed by atoms with E-state index in [9.17, 15) is 26.0 Å². The molecule has 0 aliphatic carbocycles. The maximum atomic E-state index is 13.9. The molecule has 32 heavy (non-hydrogen) atoms. The van der Waals surface area contributed by atoms with Crippen molar-refractivity contribution in [2.75, 3.05) is 26.2 Å². The number of aryl methyl sites for hydroxylation is 2. The Morgan fingerprint density at radius 1 is 0.969 bits per heavy atom. The minimum absolute atomic E-state index is 0.0914. The van der Waals surface area contributed by atoms with Crippen LogP contribution in [0.4, 0.5) is 4.39 Å². The summed E-state index contributed by atoms with van der Waals surface area (Å²) in [6.07, 6.45) is 0. The fourth-order valence-corrected chi connectivity index (χ4v) is 6.56. The van der Waals surface area contributed by atoms with Gasteiger partial charge in [-0.3, -0.25) is 4.79 Å². The van der Waals surface area contributed by atoms with Gasteiger partial charge in [0.2, 0.25) is 26.0 Å². The number of amides is 1. The standard InChI is InChI=1S/C21H26FN3O5S2/c1-15-8-9-19(16(2)14-15)32(29,30)25-12-10-24(11-13-25)21(26)17(3)23-31(27,28)20-7-5-4-6-18(20)22/h4-9,14,17,23H,10-13H2,1-3H3/t17-/m0/s1. The van der Waals surface area contributed by atoms with E-state index in [4.69, 9.17) is 0 Å². The highest BCUT2D eigenvalue weighted by Gasteiger charge is 2.33. The number of carbonyl (C=O) groups is 1. The molecule has 1 aliphatic heterocycles. The van der Waals surface area contributed by atoms with Gasteiger partial charge in [0.1, 0.15) is 10.7 Å². The largest absolute Gasteiger partial charge is 0.339 e. The van der Waals surface area contributed by atoms with Crippen LogP contribution in [0.15, 0.2) is 52.3 Å². The van der Waals surface area contributed by atoms with Crippen LogP contribution in [0.25, 0.3) is 0 Å². The number of sulfonamides is 2. The zero-order chi connectivity index (χ0) is 23.7. The van der Waals surface area contributed by atoms with E-state index >= 15 is 0 Å². The highest BCUT2D eigenvalue weighted by molar-refractivity contribution is 7.89. The Hall–Kier alpha value is -2.34. The quantitative estimate of drug-likeness (QED) is 0.673. The first-order valence-corrected chi connectivity index (χ1v) is 13.0. The molecule has 0 spiro atoms. The molecule has 0 radical (unpaired) electrons. The van der Waals surface area contributed by atoms with Gasteiger partial charge in [-0.05, 0) is 44.5 Å². The highest BCUT2D eigenvalue weighted by atomic mass is 32.2. The second-order valence-corrected chi connectivity index (χ2v) is 11.4. The fourth-order valence-electron chi connectivity index (χ4n) is 3.66. The normalized spacial score (nSPS) is 16.7. The lowest BCUT2D eigenvalue weighted by atomic mass is 10.2. The number of benzene rings is 2. The molecule has 0 aromatic heterocycles. The summed E-state index contributed by atoms with van der Waals surface area (Å²) in [5.74, 6) is -1.42. The van der Waals surface area contributed by atoms with Gasteiger partial charge in [0.25, 0.3) is 0 Å². The first-order valence-electron chi connectivity index (χ1n) is 10.1. The number of halogens is 1. The third kappa shape index (κ3) is 5.01. The van der Waals surface area contributed by atoms with E-state index in [2.05, 4.69) is 4.72 Å². The first-order chi connectivity index (χ1) is 14.9. The van der Waals surface area contributed by atoms with Gasteiger partial charge in [0, 0.05) is 26.2 Å². The van der Waals surface area contributed by atoms with Crippen LogP contribution in [0.5, 0.6) is 0 Å². The van der Waals surface area contributed by atoms with Gasteiger partial charge in [-0.15, -0.1) is 0 Å². The van der Waals surface area contributed by atoms with E-state index in [1.807, 2.05) is 6.92 Å². The number of piperazine rings is 1. The molecule has 1 fully saturated rings. The van der Waals surface area contributed by atoms with Crippen molar-refractivity contribution >= 4 is 26.0 Å². The van der Waals surface area contributed by atoms with Crippen LogP contribution < -0.4 is 4.72 Å². The zero-order valence-corrected chi connectivity index (χ0v) is 19.7. The molecule has 0 unspecified atom stereocenters. The van der Waals surface area contributed by atoms with Crippen LogP contribution in [0, 0.1) is 19.7 Å². The number of rotatable bonds is 6. The Balaban J connectivity index is 1.65. The molecule has 0 bridgehead atoms. The molecule has 11 heteroatoms. The molecule has 3 rings (SSSR count). The van der Waals surface area contributed by atoms with E-state index in [0.29, 0.717) is 5.56 Å². The van der Waals surface area contributed by atoms with Gasteiger partial charge in [0.05, 0.1) is 10.9 Å². The lowest BCUT2D eigenvalue weighted by molar-refractivity contribution is -0.133. The number of carbonyl (C=O) groups excluding carboxylic acids is 1. The summed E-state index contributed by atoms with van der Waals surface area (Å²) in [5.41, 5.74) is 1.61. The van der Waals surface area contributed by atoms with Gasteiger partial charge >= 0.3 is 0 Å². The molecule has 1 heterocycles. The smallest absolute Gasteiger partial charge is 0.244 e. The predicted octanol–water partition coefficient (Wildman–Crippen LogP) is 1.64. The van der Waals surface area contributed by atoms with Crippen LogP contribution in [-0.4, -0.2) is 64.2 Å². The summed E-state index contributed by atoms with van der Waals surface area (Å²) < 4.78 is 68.3. The van der Waals surface area contributed by atoms with Crippen molar-refractivity contribution < 1.29 is 26.0 Å². The van der Waals surface area contributed by atoms with Crippen molar-refractivity contribution in [2.45, 2.75) is 36.6 Å². The fraction of sp³-hybridized carbons (Fsp3) is 0.381. The Morgan fingerprint density at radius 3 is 2.19 bits per heavy atom. The maximum absolute atomic E-state index is 13.9. The van der Waals surface area contributed by atoms with Gasteiger partial charge < -0.3 is 4.90 Å². The maximum Gasteiger partial charge on any atom is 0.244 e. The third-order valence-corrected chi connectivity index (χ3v) is 8.96. The van der Waals surface area contributed by atoms with Gasteiger partial charge in [-0.1, -0.05) is 29.8 Å². The summed E-state index contributed by atoms with van der Waals surface area (Å²) in [5, 5.41) is 0. The summed E-state index contributed by atoms with van der Waals surface area (Å²) in [6, 6.07) is 8.88. The zero-order valence-electron chi connectivity index (χ0n) is 18.1. The molecule has 1 aliphatic rings. The molecule has 174 valence electrons. The van der Waals surface area contributed by atoms with Crippen LogP contribution in [-0.2, 0) is 24.8 Å². The van der Waals surface area contributed by atoms with E-state index in [1.165, 1.54) is 28.3 Å². The van der Waals surface area contributed by atoms with E-state index in [1.54, 1.807) is 25.1 Å². The second kappa shape index (κ2) is 9.26. The minimum Gasteiger partial charge on any atom is -0.339 e. The van der Waals surface area contributed by atoms with E-state index in [-0.39, 0.29) is 31.1 Å². The number of nitrogens with one attached hydrogen (secondary N) is 1. The minimum atomic E-state index is -4.23. The van der Waals surface area contributed by atoms with E-state index < -0.39 is 42.7 Å². The van der Waals surface area contributed by atoms with Crippen LogP contribution in [0.3, 0.4) is 0 Å². The molecule has 1 amide bonds. The van der Waals surface area contributed by atoms with Gasteiger partial charge in [-0.2, -0.15) is 9.03 Å². The molecule has 2 aromatic carbocycles. The van der Waals surface area contributed by atoms with Crippen LogP contribution in [0.1, 0.15) is 18.1 Å². The number of nitrogens with zero attached hydrogens (tertiary/aromatic N) is 2. The Labute approximate surface area is 188 Å². The molecule has 8 nitrogen and oxygen atoms in total. The van der Waals surface area contributed by atoms with E-state index in [0.717, 1.165) is 17.7 Å². The molecule has 1 N–H and O–H groups in total. The molecular weight excluding hydrogens is 457 g/mol. The molecule has 0 saturated carbocycles. The lowest BCUT2D eigenvalue weighted by Gasteiger charge is -2.35. The van der Waals surface area contributed by atoms with Crippen LogP contribution in [0.2, 0.25) is 0 Å². The van der Waals surface area contributed by atoms with Gasteiger partial charge in [-0.25, -0.2) is 21.2 Å². The van der Waals surface area contributed by atoms with Crippen molar-refractivity contribution in [3.8, 4) is 0 Å². The molecule has 1 atom stereocenters. The molecular formula is C21H26FN3O5S2. The Morgan fingerprint density at radius 2 is 1.59 bits per heavy atom. The van der Waals surface area contributed by atoms with Crippen LogP contribution >= 0.6 is 0 Å². The molecule has 2 aromatic rings. The van der Waals surface area contributed by atoms with Crippen molar-refractivity contribution in [3.63, 3.8) is 0 Å². The average Bonchev–Trinajstić information content (AvgIpc) is 2.73. The number of hydrogen-bond acceptors (Lipinski definition) is 5. The van der Waals surface area contributed by atoms with Crippen molar-refractivity contribution in [1.29, 1.82) is 0 Å². The summed E-state index contributed by atoms with van der Waals surface area (Å²) in [6.45, 7) is 5.42. The second-order valence-electron chi connectivity index (χ2n) is 7.77. The van der Waals surface area contributed by atoms with Crippen molar-refractivity contribution in [2.24, 2.45) is 0 Å². The summed E-state index contributed by atoms with van der Waals surface area (Å²) in [4.78, 5) is 13.8. The highest BCUT2D eigenvalue weighted by Crippen LogP contribution is 2.22. The SMILES string of the molecule is Cc1ccc(S(=O)(=O)N2CCN(C(=O)[C@H](C)NS(=O)(=O)c3ccccc3F)CC2)c(C)c1. The van der Waals surface area contributed by atoms with Gasteiger partial charge in [0.15, 0.2) is 0 Å². The predicted molar refractivity (Wildman–Crippen MR) is 117 cm³/mol. The topological polar surface area (TPSA) is 104 Å². The van der Waals surface area contributed by atoms with Crippen molar-refractivity contribution in [1.82, 2.24) is 13.9 Å².